The number of nitrogens with zero attached hydrogens (tertiary/aromatic N) is 2. The van der Waals surface area contributed by atoms with Gasteiger partial charge >= 0.3 is 0 Å². The molecule has 20 heavy (non-hydrogen) atoms. The van der Waals surface area contributed by atoms with E-state index in [9.17, 15) is 4.79 Å². The molecule has 1 aromatic carbocycles. The van der Waals surface area contributed by atoms with Crippen molar-refractivity contribution < 1.29 is 14.3 Å². The first-order chi connectivity index (χ1) is 9.70. The number of morpholine rings is 1. The van der Waals surface area contributed by atoms with Crippen LogP contribution in [0.3, 0.4) is 0 Å². The van der Waals surface area contributed by atoms with Crippen molar-refractivity contribution >= 4 is 5.91 Å². The number of ether oxygens (including phenoxy) is 2. The minimum atomic E-state index is -0.0260. The third-order valence-corrected chi connectivity index (χ3v) is 3.26. The SMILES string of the molecule is C[C@H]1COCCN1C(=O)COc1ccc(CC#N)cc1. The summed E-state index contributed by atoms with van der Waals surface area (Å²) in [6.45, 7) is 3.77. The van der Waals surface area contributed by atoms with Gasteiger partial charge in [-0.3, -0.25) is 4.79 Å². The molecule has 0 spiro atoms. The van der Waals surface area contributed by atoms with Crippen LogP contribution in [0.2, 0.25) is 0 Å². The molecule has 1 saturated heterocycles. The summed E-state index contributed by atoms with van der Waals surface area (Å²) in [7, 11) is 0. The van der Waals surface area contributed by atoms with E-state index < -0.39 is 0 Å². The smallest absolute Gasteiger partial charge is 0.260 e. The minimum absolute atomic E-state index is 0.0260. The maximum absolute atomic E-state index is 12.1. The quantitative estimate of drug-likeness (QED) is 0.832. The summed E-state index contributed by atoms with van der Waals surface area (Å²) in [4.78, 5) is 13.8. The molecule has 2 rings (SSSR count). The van der Waals surface area contributed by atoms with Crippen LogP contribution in [0.15, 0.2) is 24.3 Å². The van der Waals surface area contributed by atoms with Gasteiger partial charge in [-0.15, -0.1) is 0 Å². The second kappa shape index (κ2) is 6.92. The molecule has 106 valence electrons. The lowest BCUT2D eigenvalue weighted by Gasteiger charge is -2.33. The van der Waals surface area contributed by atoms with Crippen LogP contribution < -0.4 is 4.74 Å². The van der Waals surface area contributed by atoms with Gasteiger partial charge in [-0.25, -0.2) is 0 Å². The van der Waals surface area contributed by atoms with Crippen LogP contribution in [0.1, 0.15) is 12.5 Å². The molecule has 0 N–H and O–H groups in total. The van der Waals surface area contributed by atoms with Crippen molar-refractivity contribution in [2.75, 3.05) is 26.4 Å². The molecular weight excluding hydrogens is 256 g/mol. The number of benzene rings is 1. The minimum Gasteiger partial charge on any atom is -0.484 e. The zero-order valence-electron chi connectivity index (χ0n) is 11.5. The van der Waals surface area contributed by atoms with Gasteiger partial charge in [-0.2, -0.15) is 5.26 Å². The molecule has 1 aromatic rings. The van der Waals surface area contributed by atoms with Gasteiger partial charge in [0.1, 0.15) is 5.75 Å². The summed E-state index contributed by atoms with van der Waals surface area (Å²) in [6.07, 6.45) is 0.379. The average Bonchev–Trinajstić information content (AvgIpc) is 2.47. The van der Waals surface area contributed by atoms with Crippen molar-refractivity contribution in [3.05, 3.63) is 29.8 Å². The first kappa shape index (κ1) is 14.4. The number of rotatable bonds is 4. The largest absolute Gasteiger partial charge is 0.484 e. The number of amides is 1. The lowest BCUT2D eigenvalue weighted by Crippen LogP contribution is -2.48. The molecule has 5 heteroatoms. The summed E-state index contributed by atoms with van der Waals surface area (Å²) >= 11 is 0. The van der Waals surface area contributed by atoms with E-state index in [1.54, 1.807) is 17.0 Å². The van der Waals surface area contributed by atoms with E-state index >= 15 is 0 Å². The van der Waals surface area contributed by atoms with Gasteiger partial charge in [-0.05, 0) is 24.6 Å². The van der Waals surface area contributed by atoms with Gasteiger partial charge in [-0.1, -0.05) is 12.1 Å². The zero-order chi connectivity index (χ0) is 14.4. The molecule has 5 nitrogen and oxygen atoms in total. The molecule has 1 aliphatic heterocycles. The third-order valence-electron chi connectivity index (χ3n) is 3.26. The second-order valence-corrected chi connectivity index (χ2v) is 4.78. The lowest BCUT2D eigenvalue weighted by molar-refractivity contribution is -0.141. The molecule has 0 aromatic heterocycles. The molecule has 0 aliphatic carbocycles. The Morgan fingerprint density at radius 1 is 1.50 bits per heavy atom. The monoisotopic (exact) mass is 274 g/mol. The highest BCUT2D eigenvalue weighted by Crippen LogP contribution is 2.13. The molecule has 1 heterocycles. The Morgan fingerprint density at radius 3 is 2.90 bits per heavy atom. The molecule has 0 unspecified atom stereocenters. The second-order valence-electron chi connectivity index (χ2n) is 4.78. The van der Waals surface area contributed by atoms with Gasteiger partial charge in [0, 0.05) is 6.54 Å². The molecule has 1 atom stereocenters. The lowest BCUT2D eigenvalue weighted by atomic mass is 10.2. The van der Waals surface area contributed by atoms with Crippen molar-refractivity contribution in [1.82, 2.24) is 4.90 Å². The highest BCUT2D eigenvalue weighted by atomic mass is 16.5. The summed E-state index contributed by atoms with van der Waals surface area (Å²) in [5.74, 6) is 0.614. The van der Waals surface area contributed by atoms with Crippen LogP contribution in [0, 0.1) is 11.3 Å². The Bertz CT molecular complexity index is 493. The summed E-state index contributed by atoms with van der Waals surface area (Å²) < 4.78 is 10.8. The predicted octanol–water partition coefficient (Wildman–Crippen LogP) is 1.38. The van der Waals surface area contributed by atoms with E-state index in [0.29, 0.717) is 31.9 Å². The van der Waals surface area contributed by atoms with Crippen molar-refractivity contribution in [2.45, 2.75) is 19.4 Å². The van der Waals surface area contributed by atoms with Crippen LogP contribution in [-0.4, -0.2) is 43.2 Å². The molecule has 0 saturated carbocycles. The van der Waals surface area contributed by atoms with Gasteiger partial charge in [0.05, 0.1) is 31.7 Å². The topological polar surface area (TPSA) is 62.6 Å². The van der Waals surface area contributed by atoms with Crippen LogP contribution in [0.4, 0.5) is 0 Å². The Morgan fingerprint density at radius 2 is 2.25 bits per heavy atom. The van der Waals surface area contributed by atoms with Gasteiger partial charge < -0.3 is 14.4 Å². The molecular formula is C15H18N2O3. The van der Waals surface area contributed by atoms with Gasteiger partial charge in [0.2, 0.25) is 0 Å². The summed E-state index contributed by atoms with van der Waals surface area (Å²) in [5.41, 5.74) is 0.938. The van der Waals surface area contributed by atoms with E-state index in [1.807, 2.05) is 19.1 Å². The predicted molar refractivity (Wildman–Crippen MR) is 73.2 cm³/mol. The highest BCUT2D eigenvalue weighted by Gasteiger charge is 2.23. The first-order valence-electron chi connectivity index (χ1n) is 6.66. The van der Waals surface area contributed by atoms with Crippen molar-refractivity contribution in [2.24, 2.45) is 0 Å². The van der Waals surface area contributed by atoms with E-state index in [-0.39, 0.29) is 18.6 Å². The number of nitriles is 1. The zero-order valence-corrected chi connectivity index (χ0v) is 11.5. The Labute approximate surface area is 118 Å². The molecule has 1 aliphatic rings. The van der Waals surface area contributed by atoms with E-state index in [4.69, 9.17) is 14.7 Å². The Balaban J connectivity index is 1.85. The first-order valence-corrected chi connectivity index (χ1v) is 6.66. The van der Waals surface area contributed by atoms with Crippen molar-refractivity contribution in [3.63, 3.8) is 0 Å². The molecule has 0 radical (unpaired) electrons. The maximum atomic E-state index is 12.1. The highest BCUT2D eigenvalue weighted by molar-refractivity contribution is 5.78. The normalized spacial score (nSPS) is 18.4. The van der Waals surface area contributed by atoms with Crippen molar-refractivity contribution in [1.29, 1.82) is 5.26 Å². The van der Waals surface area contributed by atoms with E-state index in [2.05, 4.69) is 6.07 Å². The molecule has 1 fully saturated rings. The fourth-order valence-electron chi connectivity index (χ4n) is 2.12. The van der Waals surface area contributed by atoms with E-state index in [0.717, 1.165) is 5.56 Å². The maximum Gasteiger partial charge on any atom is 0.260 e. The van der Waals surface area contributed by atoms with E-state index in [1.165, 1.54) is 0 Å². The fraction of sp³-hybridized carbons (Fsp3) is 0.467. The average molecular weight is 274 g/mol. The molecule has 0 bridgehead atoms. The summed E-state index contributed by atoms with van der Waals surface area (Å²) in [6, 6.07) is 9.41. The molecule has 1 amide bonds. The van der Waals surface area contributed by atoms with Crippen molar-refractivity contribution in [3.8, 4) is 11.8 Å². The van der Waals surface area contributed by atoms with Crippen LogP contribution in [0.25, 0.3) is 0 Å². The fourth-order valence-corrected chi connectivity index (χ4v) is 2.12. The Hall–Kier alpha value is -2.06. The van der Waals surface area contributed by atoms with Crippen LogP contribution in [0.5, 0.6) is 5.75 Å². The standard InChI is InChI=1S/C15H18N2O3/c1-12-10-19-9-8-17(12)15(18)11-20-14-4-2-13(3-5-14)6-7-16/h2-5,12H,6,8-11H2,1H3/t12-/m0/s1. The summed E-state index contributed by atoms with van der Waals surface area (Å²) in [5, 5.41) is 8.59. The van der Waals surface area contributed by atoms with Crippen LogP contribution >= 0.6 is 0 Å². The number of hydrogen-bond acceptors (Lipinski definition) is 4. The van der Waals surface area contributed by atoms with Crippen LogP contribution in [-0.2, 0) is 16.0 Å². The number of hydrogen-bond donors (Lipinski definition) is 0. The van der Waals surface area contributed by atoms with Gasteiger partial charge in [0.15, 0.2) is 6.61 Å². The number of carbonyl (C=O) groups is 1. The third kappa shape index (κ3) is 3.72. The number of carbonyl (C=O) groups excluding carboxylic acids is 1. The van der Waals surface area contributed by atoms with Gasteiger partial charge in [0.25, 0.3) is 5.91 Å². The Kier molecular flexibility index (Phi) is 4.97.